The molecule has 0 atom stereocenters. The lowest BCUT2D eigenvalue weighted by atomic mass is 10.2. The summed E-state index contributed by atoms with van der Waals surface area (Å²) in [5.41, 5.74) is 0.915. The van der Waals surface area contributed by atoms with Crippen molar-refractivity contribution in [1.29, 1.82) is 0 Å². The molecule has 0 saturated heterocycles. The highest BCUT2D eigenvalue weighted by Gasteiger charge is 2.11. The molecule has 0 aliphatic carbocycles. The largest absolute Gasteiger partial charge is 0.462 e. The number of anilines is 1. The second kappa shape index (κ2) is 9.94. The SMILES string of the molecule is CCOC(=O)c1ccc(NC(=O)CCSc2ccc([N+](=O)[O-])cc2Cl)cc1. The molecular weight excluding hydrogens is 392 g/mol. The Labute approximate surface area is 165 Å². The van der Waals surface area contributed by atoms with E-state index in [9.17, 15) is 19.7 Å². The molecule has 2 aromatic rings. The van der Waals surface area contributed by atoms with Crippen LogP contribution in [0.25, 0.3) is 0 Å². The van der Waals surface area contributed by atoms with E-state index in [4.69, 9.17) is 16.3 Å². The van der Waals surface area contributed by atoms with Gasteiger partial charge >= 0.3 is 5.97 Å². The van der Waals surface area contributed by atoms with E-state index in [2.05, 4.69) is 5.32 Å². The van der Waals surface area contributed by atoms with Crippen LogP contribution in [0.5, 0.6) is 0 Å². The zero-order valence-electron chi connectivity index (χ0n) is 14.4. The molecule has 2 aromatic carbocycles. The van der Waals surface area contributed by atoms with Gasteiger partial charge in [-0.05, 0) is 37.3 Å². The van der Waals surface area contributed by atoms with Gasteiger partial charge in [-0.1, -0.05) is 11.6 Å². The van der Waals surface area contributed by atoms with Crippen molar-refractivity contribution in [2.45, 2.75) is 18.2 Å². The van der Waals surface area contributed by atoms with Gasteiger partial charge in [0.1, 0.15) is 0 Å². The van der Waals surface area contributed by atoms with Crippen LogP contribution in [-0.4, -0.2) is 29.2 Å². The second-order valence-electron chi connectivity index (χ2n) is 5.32. The summed E-state index contributed by atoms with van der Waals surface area (Å²) in [6, 6.07) is 10.7. The van der Waals surface area contributed by atoms with Crippen molar-refractivity contribution in [1.82, 2.24) is 0 Å². The third-order valence-corrected chi connectivity index (χ3v) is 4.89. The summed E-state index contributed by atoms with van der Waals surface area (Å²) in [5, 5.41) is 13.7. The standard InChI is InChI=1S/C18H17ClN2O5S/c1-2-26-18(23)12-3-5-13(6-4-12)20-17(22)9-10-27-16-8-7-14(21(24)25)11-15(16)19/h3-8,11H,2,9-10H2,1H3,(H,20,22). The van der Waals surface area contributed by atoms with Crippen molar-refractivity contribution < 1.29 is 19.2 Å². The van der Waals surface area contributed by atoms with Crippen LogP contribution in [-0.2, 0) is 9.53 Å². The van der Waals surface area contributed by atoms with Gasteiger partial charge in [-0.2, -0.15) is 0 Å². The Morgan fingerprint density at radius 3 is 2.52 bits per heavy atom. The van der Waals surface area contributed by atoms with E-state index in [1.165, 1.54) is 23.9 Å². The first-order valence-electron chi connectivity index (χ1n) is 8.04. The topological polar surface area (TPSA) is 98.5 Å². The Morgan fingerprint density at radius 1 is 1.22 bits per heavy atom. The first-order chi connectivity index (χ1) is 12.9. The third kappa shape index (κ3) is 6.26. The van der Waals surface area contributed by atoms with E-state index in [1.807, 2.05) is 0 Å². The molecular formula is C18H17ClN2O5S. The molecule has 0 bridgehead atoms. The molecule has 0 saturated carbocycles. The Kier molecular flexibility index (Phi) is 7.63. The summed E-state index contributed by atoms with van der Waals surface area (Å²) in [6.07, 6.45) is 0.234. The van der Waals surface area contributed by atoms with Crippen LogP contribution >= 0.6 is 23.4 Å². The number of thioether (sulfide) groups is 1. The molecule has 27 heavy (non-hydrogen) atoms. The zero-order chi connectivity index (χ0) is 19.8. The van der Waals surface area contributed by atoms with Gasteiger partial charge in [0.05, 0.1) is 22.1 Å². The second-order valence-corrected chi connectivity index (χ2v) is 6.86. The number of esters is 1. The fourth-order valence-corrected chi connectivity index (χ4v) is 3.31. The third-order valence-electron chi connectivity index (χ3n) is 3.39. The minimum absolute atomic E-state index is 0.0756. The highest BCUT2D eigenvalue weighted by Crippen LogP contribution is 2.30. The van der Waals surface area contributed by atoms with Gasteiger partial charge in [-0.3, -0.25) is 14.9 Å². The van der Waals surface area contributed by atoms with Crippen LogP contribution in [0.2, 0.25) is 5.02 Å². The minimum atomic E-state index is -0.513. The quantitative estimate of drug-likeness (QED) is 0.298. The van der Waals surface area contributed by atoms with E-state index in [0.29, 0.717) is 28.5 Å². The Hall–Kier alpha value is -2.58. The first kappa shape index (κ1) is 20.7. The van der Waals surface area contributed by atoms with Crippen LogP contribution < -0.4 is 5.32 Å². The maximum Gasteiger partial charge on any atom is 0.338 e. The molecule has 9 heteroatoms. The molecule has 0 aromatic heterocycles. The number of nitrogens with zero attached hydrogens (tertiary/aromatic N) is 1. The maximum atomic E-state index is 12.0. The van der Waals surface area contributed by atoms with Gasteiger partial charge < -0.3 is 10.1 Å². The normalized spacial score (nSPS) is 10.3. The maximum absolute atomic E-state index is 12.0. The zero-order valence-corrected chi connectivity index (χ0v) is 16.0. The van der Waals surface area contributed by atoms with Crippen LogP contribution in [0.15, 0.2) is 47.4 Å². The Bertz CT molecular complexity index is 842. The molecule has 0 unspecified atom stereocenters. The van der Waals surface area contributed by atoms with Crippen molar-refractivity contribution >= 4 is 46.6 Å². The molecule has 142 valence electrons. The number of nitro groups is 1. The number of carbonyl (C=O) groups is 2. The Balaban J connectivity index is 1.82. The van der Waals surface area contributed by atoms with Crippen molar-refractivity contribution in [3.63, 3.8) is 0 Å². The number of hydrogen-bond donors (Lipinski definition) is 1. The molecule has 0 aliphatic rings. The van der Waals surface area contributed by atoms with Gasteiger partial charge in [0.15, 0.2) is 0 Å². The van der Waals surface area contributed by atoms with E-state index >= 15 is 0 Å². The fraction of sp³-hybridized carbons (Fsp3) is 0.222. The molecule has 0 radical (unpaired) electrons. The number of halogens is 1. The number of non-ortho nitro benzene ring substituents is 1. The molecule has 1 N–H and O–H groups in total. The molecule has 2 rings (SSSR count). The summed E-state index contributed by atoms with van der Waals surface area (Å²) in [6.45, 7) is 2.03. The number of carbonyl (C=O) groups excluding carboxylic acids is 2. The summed E-state index contributed by atoms with van der Waals surface area (Å²) in [4.78, 5) is 34.4. The number of rotatable bonds is 8. The number of ether oxygens (including phenoxy) is 1. The van der Waals surface area contributed by atoms with E-state index in [1.54, 1.807) is 37.3 Å². The van der Waals surface area contributed by atoms with Gasteiger partial charge in [0, 0.05) is 34.9 Å². The highest BCUT2D eigenvalue weighted by atomic mass is 35.5. The molecule has 0 heterocycles. The first-order valence-corrected chi connectivity index (χ1v) is 9.41. The van der Waals surface area contributed by atoms with Gasteiger partial charge in [-0.15, -0.1) is 11.8 Å². The molecule has 1 amide bonds. The lowest BCUT2D eigenvalue weighted by molar-refractivity contribution is -0.384. The molecule has 0 aliphatic heterocycles. The van der Waals surface area contributed by atoms with Crippen molar-refractivity contribution in [2.24, 2.45) is 0 Å². The highest BCUT2D eigenvalue weighted by molar-refractivity contribution is 7.99. The average molecular weight is 409 g/mol. The summed E-state index contributed by atoms with van der Waals surface area (Å²) in [7, 11) is 0. The van der Waals surface area contributed by atoms with Crippen molar-refractivity contribution in [2.75, 3.05) is 17.7 Å². The average Bonchev–Trinajstić information content (AvgIpc) is 2.63. The minimum Gasteiger partial charge on any atom is -0.462 e. The fourth-order valence-electron chi connectivity index (χ4n) is 2.10. The number of nitrogens with one attached hydrogen (secondary N) is 1. The number of hydrogen-bond acceptors (Lipinski definition) is 6. The molecule has 7 nitrogen and oxygen atoms in total. The van der Waals surface area contributed by atoms with E-state index in [-0.39, 0.29) is 23.0 Å². The lowest BCUT2D eigenvalue weighted by Crippen LogP contribution is -2.12. The lowest BCUT2D eigenvalue weighted by Gasteiger charge is -2.07. The molecule has 0 fully saturated rings. The van der Waals surface area contributed by atoms with Crippen LogP contribution in [0.4, 0.5) is 11.4 Å². The van der Waals surface area contributed by atoms with E-state index in [0.717, 1.165) is 0 Å². The molecule has 0 spiro atoms. The predicted molar refractivity (Wildman–Crippen MR) is 104 cm³/mol. The van der Waals surface area contributed by atoms with Crippen molar-refractivity contribution in [3.05, 3.63) is 63.2 Å². The Morgan fingerprint density at radius 2 is 1.93 bits per heavy atom. The number of nitro benzene ring substituents is 1. The van der Waals surface area contributed by atoms with Gasteiger partial charge in [0.25, 0.3) is 5.69 Å². The van der Waals surface area contributed by atoms with Crippen LogP contribution in [0.3, 0.4) is 0 Å². The van der Waals surface area contributed by atoms with Crippen LogP contribution in [0, 0.1) is 10.1 Å². The number of amides is 1. The van der Waals surface area contributed by atoms with Crippen molar-refractivity contribution in [3.8, 4) is 0 Å². The van der Waals surface area contributed by atoms with E-state index < -0.39 is 10.9 Å². The number of benzene rings is 2. The summed E-state index contributed by atoms with van der Waals surface area (Å²) >= 11 is 7.36. The summed E-state index contributed by atoms with van der Waals surface area (Å²) in [5.74, 6) is -0.138. The van der Waals surface area contributed by atoms with Gasteiger partial charge in [0.2, 0.25) is 5.91 Å². The smallest absolute Gasteiger partial charge is 0.338 e. The van der Waals surface area contributed by atoms with Crippen LogP contribution in [0.1, 0.15) is 23.7 Å². The van der Waals surface area contributed by atoms with Gasteiger partial charge in [-0.25, -0.2) is 4.79 Å². The monoisotopic (exact) mass is 408 g/mol. The predicted octanol–water partition coefficient (Wildman–Crippen LogP) is 4.55. The summed E-state index contributed by atoms with van der Waals surface area (Å²) < 4.78 is 4.90.